The summed E-state index contributed by atoms with van der Waals surface area (Å²) in [6.45, 7) is 0.711. The van der Waals surface area contributed by atoms with Gasteiger partial charge < -0.3 is 20.3 Å². The first-order chi connectivity index (χ1) is 15.0. The molecule has 1 aliphatic heterocycles. The largest absolute Gasteiger partial charge is 0.490 e. The molecule has 2 aromatic rings. The number of carbonyl (C=O) groups is 2. The normalized spacial score (nSPS) is 19.0. The second kappa shape index (κ2) is 9.23. The molecule has 1 atom stereocenters. The maximum Gasteiger partial charge on any atom is 0.490 e. The van der Waals surface area contributed by atoms with Gasteiger partial charge in [-0.3, -0.25) is 9.59 Å². The van der Waals surface area contributed by atoms with Crippen molar-refractivity contribution in [1.29, 1.82) is 0 Å². The SMILES string of the molecule is O=C(NC[C@H]1c2ccccc2CCN1C(=O)Cn1cnc([N+](=O)[O-])n1)C1CCCCC1. The van der Waals surface area contributed by atoms with Gasteiger partial charge in [0.05, 0.1) is 6.04 Å². The molecule has 1 saturated carbocycles. The lowest BCUT2D eigenvalue weighted by Crippen LogP contribution is -2.47. The topological polar surface area (TPSA) is 123 Å². The molecule has 0 unspecified atom stereocenters. The third-order valence-electron chi connectivity index (χ3n) is 6.16. The molecule has 1 N–H and O–H groups in total. The Bertz CT molecular complexity index is 968. The number of benzene rings is 1. The van der Waals surface area contributed by atoms with Crippen molar-refractivity contribution in [2.24, 2.45) is 5.92 Å². The molecule has 164 valence electrons. The maximum atomic E-state index is 13.1. The molecule has 31 heavy (non-hydrogen) atoms. The second-order valence-corrected chi connectivity index (χ2v) is 8.13. The van der Waals surface area contributed by atoms with Crippen molar-refractivity contribution >= 4 is 17.8 Å². The van der Waals surface area contributed by atoms with Crippen molar-refractivity contribution in [3.63, 3.8) is 0 Å². The zero-order valence-electron chi connectivity index (χ0n) is 17.3. The third kappa shape index (κ3) is 4.73. The molecule has 10 heteroatoms. The van der Waals surface area contributed by atoms with Gasteiger partial charge in [-0.05, 0) is 35.3 Å². The average Bonchev–Trinajstić information content (AvgIpc) is 3.26. The number of rotatable bonds is 6. The third-order valence-corrected chi connectivity index (χ3v) is 6.16. The lowest BCUT2D eigenvalue weighted by Gasteiger charge is -2.37. The van der Waals surface area contributed by atoms with Crippen LogP contribution in [0.4, 0.5) is 5.95 Å². The smallest absolute Gasteiger partial charge is 0.390 e. The molecule has 0 saturated heterocycles. The zero-order chi connectivity index (χ0) is 21.8. The Hall–Kier alpha value is -3.30. The number of carbonyl (C=O) groups excluding carboxylic acids is 2. The van der Waals surface area contributed by atoms with Crippen LogP contribution in [0.2, 0.25) is 0 Å². The fraction of sp³-hybridized carbons (Fsp3) is 0.524. The highest BCUT2D eigenvalue weighted by Crippen LogP contribution is 2.30. The second-order valence-electron chi connectivity index (χ2n) is 8.13. The highest BCUT2D eigenvalue weighted by atomic mass is 16.6. The number of amides is 2. The Morgan fingerprint density at radius 3 is 2.71 bits per heavy atom. The van der Waals surface area contributed by atoms with Crippen molar-refractivity contribution in [2.45, 2.75) is 51.1 Å². The van der Waals surface area contributed by atoms with Crippen LogP contribution >= 0.6 is 0 Å². The van der Waals surface area contributed by atoms with E-state index in [9.17, 15) is 19.7 Å². The van der Waals surface area contributed by atoms with Gasteiger partial charge in [-0.25, -0.2) is 0 Å². The number of nitro groups is 1. The first-order valence-corrected chi connectivity index (χ1v) is 10.7. The number of nitrogens with one attached hydrogen (secondary N) is 1. The molecular weight excluding hydrogens is 400 g/mol. The van der Waals surface area contributed by atoms with Crippen LogP contribution in [0.1, 0.15) is 49.3 Å². The van der Waals surface area contributed by atoms with Gasteiger partial charge in [-0.1, -0.05) is 48.5 Å². The molecule has 1 aliphatic carbocycles. The van der Waals surface area contributed by atoms with E-state index >= 15 is 0 Å². The molecule has 10 nitrogen and oxygen atoms in total. The van der Waals surface area contributed by atoms with Crippen LogP contribution in [0.3, 0.4) is 0 Å². The summed E-state index contributed by atoms with van der Waals surface area (Å²) in [6.07, 6.45) is 7.09. The van der Waals surface area contributed by atoms with Crippen LogP contribution in [0.15, 0.2) is 30.6 Å². The van der Waals surface area contributed by atoms with Gasteiger partial charge in [0.15, 0.2) is 0 Å². The minimum atomic E-state index is -0.693. The maximum absolute atomic E-state index is 13.1. The number of aromatic nitrogens is 3. The first-order valence-electron chi connectivity index (χ1n) is 10.7. The van der Waals surface area contributed by atoms with Crippen LogP contribution in [-0.4, -0.2) is 49.5 Å². The van der Waals surface area contributed by atoms with E-state index in [2.05, 4.69) is 15.4 Å². The Balaban J connectivity index is 1.48. The molecule has 2 amide bonds. The fourth-order valence-electron chi connectivity index (χ4n) is 4.55. The molecule has 2 aliphatic rings. The fourth-order valence-corrected chi connectivity index (χ4v) is 4.55. The minimum absolute atomic E-state index is 0.0485. The van der Waals surface area contributed by atoms with E-state index < -0.39 is 10.9 Å². The van der Waals surface area contributed by atoms with Gasteiger partial charge >= 0.3 is 5.95 Å². The first kappa shape index (κ1) is 21.0. The van der Waals surface area contributed by atoms with Crippen LogP contribution in [-0.2, 0) is 22.6 Å². The van der Waals surface area contributed by atoms with Crippen LogP contribution in [0.5, 0.6) is 0 Å². The molecular formula is C21H26N6O4. The Morgan fingerprint density at radius 2 is 1.97 bits per heavy atom. The highest BCUT2D eigenvalue weighted by molar-refractivity contribution is 5.79. The Labute approximate surface area is 179 Å². The molecule has 0 spiro atoms. The molecule has 1 aromatic carbocycles. The van der Waals surface area contributed by atoms with E-state index in [4.69, 9.17) is 0 Å². The summed E-state index contributed by atoms with van der Waals surface area (Å²) in [7, 11) is 0. The number of hydrogen-bond acceptors (Lipinski definition) is 6. The average molecular weight is 426 g/mol. The summed E-state index contributed by atoms with van der Waals surface area (Å²) in [6, 6.07) is 7.66. The summed E-state index contributed by atoms with van der Waals surface area (Å²) in [5, 5.41) is 17.6. The number of nitrogens with zero attached hydrogens (tertiary/aromatic N) is 5. The van der Waals surface area contributed by atoms with Crippen LogP contribution < -0.4 is 5.32 Å². The predicted octanol–water partition coefficient (Wildman–Crippen LogP) is 2.01. The summed E-state index contributed by atoms with van der Waals surface area (Å²) < 4.78 is 1.18. The quantitative estimate of drug-likeness (QED) is 0.557. The molecule has 0 radical (unpaired) electrons. The summed E-state index contributed by atoms with van der Waals surface area (Å²) in [5.41, 5.74) is 2.19. The molecule has 4 rings (SSSR count). The molecule has 1 fully saturated rings. The highest BCUT2D eigenvalue weighted by Gasteiger charge is 2.32. The Morgan fingerprint density at radius 1 is 1.19 bits per heavy atom. The van der Waals surface area contributed by atoms with Gasteiger partial charge in [0.1, 0.15) is 6.54 Å². The molecule has 1 aromatic heterocycles. The molecule has 2 heterocycles. The van der Waals surface area contributed by atoms with E-state index in [-0.39, 0.29) is 30.3 Å². The summed E-state index contributed by atoms with van der Waals surface area (Å²) in [5.74, 6) is -0.645. The van der Waals surface area contributed by atoms with E-state index in [1.165, 1.54) is 23.0 Å². The monoisotopic (exact) mass is 426 g/mol. The zero-order valence-corrected chi connectivity index (χ0v) is 17.3. The van der Waals surface area contributed by atoms with Gasteiger partial charge in [0, 0.05) is 24.1 Å². The van der Waals surface area contributed by atoms with Crippen molar-refractivity contribution in [3.05, 3.63) is 51.8 Å². The van der Waals surface area contributed by atoms with Crippen molar-refractivity contribution in [1.82, 2.24) is 25.0 Å². The van der Waals surface area contributed by atoms with Gasteiger partial charge in [-0.2, -0.15) is 4.68 Å². The lowest BCUT2D eigenvalue weighted by atomic mass is 9.88. The van der Waals surface area contributed by atoms with Crippen molar-refractivity contribution < 1.29 is 14.5 Å². The molecule has 0 bridgehead atoms. The van der Waals surface area contributed by atoms with Crippen LogP contribution in [0, 0.1) is 16.0 Å². The minimum Gasteiger partial charge on any atom is -0.390 e. The summed E-state index contributed by atoms with van der Waals surface area (Å²) >= 11 is 0. The van der Waals surface area contributed by atoms with E-state index in [1.807, 2.05) is 24.3 Å². The summed E-state index contributed by atoms with van der Waals surface area (Å²) in [4.78, 5) is 41.2. The van der Waals surface area contributed by atoms with Gasteiger partial charge in [0.2, 0.25) is 18.1 Å². The standard InChI is InChI=1S/C21H26N6O4/c28-19(13-25-14-23-21(24-25)27(30)31)26-11-10-15-6-4-5-9-17(15)18(26)12-22-20(29)16-7-2-1-3-8-16/h4-6,9,14,16,18H,1-3,7-8,10-13H2,(H,22,29)/t18-/m0/s1. The van der Waals surface area contributed by atoms with E-state index in [0.29, 0.717) is 19.5 Å². The van der Waals surface area contributed by atoms with Gasteiger partial charge in [0.25, 0.3) is 0 Å². The number of hydrogen-bond donors (Lipinski definition) is 1. The van der Waals surface area contributed by atoms with Crippen molar-refractivity contribution in [3.8, 4) is 0 Å². The predicted molar refractivity (Wildman–Crippen MR) is 111 cm³/mol. The van der Waals surface area contributed by atoms with Crippen LogP contribution in [0.25, 0.3) is 0 Å². The lowest BCUT2D eigenvalue weighted by molar-refractivity contribution is -0.394. The number of fused-ring (bicyclic) bond motifs is 1. The van der Waals surface area contributed by atoms with E-state index in [1.54, 1.807) is 4.90 Å². The van der Waals surface area contributed by atoms with Gasteiger partial charge in [-0.15, -0.1) is 0 Å². The van der Waals surface area contributed by atoms with E-state index in [0.717, 1.165) is 31.2 Å². The Kier molecular flexibility index (Phi) is 6.24. The van der Waals surface area contributed by atoms with Crippen molar-refractivity contribution in [2.75, 3.05) is 13.1 Å².